The monoisotopic (exact) mass is 303 g/mol. The van der Waals surface area contributed by atoms with E-state index in [0.717, 1.165) is 30.4 Å². The van der Waals surface area contributed by atoms with E-state index in [1.807, 2.05) is 13.8 Å². The Kier molecular flexibility index (Phi) is 5.24. The minimum atomic E-state index is 0.488. The highest BCUT2D eigenvalue weighted by Gasteiger charge is 2.26. The third-order valence-electron chi connectivity index (χ3n) is 5.01. The van der Waals surface area contributed by atoms with Gasteiger partial charge in [0, 0.05) is 6.04 Å². The van der Waals surface area contributed by atoms with E-state index in [9.17, 15) is 0 Å². The van der Waals surface area contributed by atoms with Crippen LogP contribution in [0.1, 0.15) is 63.1 Å². The van der Waals surface area contributed by atoms with Crippen LogP contribution in [-0.2, 0) is 6.42 Å². The van der Waals surface area contributed by atoms with Gasteiger partial charge in [-0.25, -0.2) is 0 Å². The Morgan fingerprint density at radius 1 is 1.05 bits per heavy atom. The molecule has 0 aromatic heterocycles. The Balaban J connectivity index is 1.85. The standard InChI is InChI=1S/C19H29NO2/c1-3-21-18-12-15-9-10-20-17(11-14-7-5-6-8-14)16(15)13-19(18)22-4-2/h12-14,17,20H,3-11H2,1-2H3. The van der Waals surface area contributed by atoms with Crippen molar-refractivity contribution >= 4 is 0 Å². The van der Waals surface area contributed by atoms with Crippen LogP contribution >= 0.6 is 0 Å². The Morgan fingerprint density at radius 2 is 1.73 bits per heavy atom. The van der Waals surface area contributed by atoms with Crippen LogP contribution in [0.3, 0.4) is 0 Å². The summed E-state index contributed by atoms with van der Waals surface area (Å²) in [6.07, 6.45) is 8.00. The van der Waals surface area contributed by atoms with Crippen LogP contribution in [0.2, 0.25) is 0 Å². The largest absolute Gasteiger partial charge is 0.490 e. The highest BCUT2D eigenvalue weighted by atomic mass is 16.5. The van der Waals surface area contributed by atoms with Crippen molar-refractivity contribution in [3.63, 3.8) is 0 Å². The van der Waals surface area contributed by atoms with Gasteiger partial charge >= 0.3 is 0 Å². The number of ether oxygens (including phenoxy) is 2. The van der Waals surface area contributed by atoms with Crippen LogP contribution in [0.5, 0.6) is 11.5 Å². The Hall–Kier alpha value is -1.22. The third-order valence-corrected chi connectivity index (χ3v) is 5.01. The van der Waals surface area contributed by atoms with Gasteiger partial charge in [-0.15, -0.1) is 0 Å². The fourth-order valence-electron chi connectivity index (χ4n) is 3.98. The van der Waals surface area contributed by atoms with Gasteiger partial charge in [-0.1, -0.05) is 25.7 Å². The predicted octanol–water partition coefficient (Wildman–Crippen LogP) is 4.25. The van der Waals surface area contributed by atoms with Gasteiger partial charge in [0.25, 0.3) is 0 Å². The second-order valence-corrected chi connectivity index (χ2v) is 6.51. The van der Waals surface area contributed by atoms with E-state index in [0.29, 0.717) is 19.3 Å². The number of benzene rings is 1. The molecule has 1 atom stereocenters. The lowest BCUT2D eigenvalue weighted by molar-refractivity contribution is 0.285. The lowest BCUT2D eigenvalue weighted by Gasteiger charge is -2.30. The zero-order valence-electron chi connectivity index (χ0n) is 14.0. The van der Waals surface area contributed by atoms with Gasteiger partial charge < -0.3 is 14.8 Å². The van der Waals surface area contributed by atoms with Crippen LogP contribution in [0.25, 0.3) is 0 Å². The van der Waals surface area contributed by atoms with Crippen molar-refractivity contribution in [3.8, 4) is 11.5 Å². The first-order valence-corrected chi connectivity index (χ1v) is 8.97. The topological polar surface area (TPSA) is 30.5 Å². The van der Waals surface area contributed by atoms with Crippen molar-refractivity contribution in [3.05, 3.63) is 23.3 Å². The zero-order chi connectivity index (χ0) is 15.4. The zero-order valence-corrected chi connectivity index (χ0v) is 14.0. The van der Waals surface area contributed by atoms with Crippen molar-refractivity contribution in [1.82, 2.24) is 5.32 Å². The smallest absolute Gasteiger partial charge is 0.161 e. The van der Waals surface area contributed by atoms with Crippen LogP contribution in [0, 0.1) is 5.92 Å². The maximum absolute atomic E-state index is 5.82. The number of nitrogens with one attached hydrogen (secondary N) is 1. The van der Waals surface area contributed by atoms with Crippen LogP contribution in [-0.4, -0.2) is 19.8 Å². The molecule has 1 fully saturated rings. The molecule has 1 aromatic carbocycles. The summed E-state index contributed by atoms with van der Waals surface area (Å²) in [6, 6.07) is 4.93. The van der Waals surface area contributed by atoms with Crippen LogP contribution < -0.4 is 14.8 Å². The highest BCUT2D eigenvalue weighted by Crippen LogP contribution is 2.39. The van der Waals surface area contributed by atoms with Crippen molar-refractivity contribution in [2.24, 2.45) is 5.92 Å². The predicted molar refractivity (Wildman–Crippen MR) is 89.8 cm³/mol. The van der Waals surface area contributed by atoms with Crippen molar-refractivity contribution in [2.75, 3.05) is 19.8 Å². The van der Waals surface area contributed by atoms with E-state index < -0.39 is 0 Å². The first-order valence-electron chi connectivity index (χ1n) is 8.97. The minimum absolute atomic E-state index is 0.488. The van der Waals surface area contributed by atoms with Gasteiger partial charge in [-0.05, 0) is 62.4 Å². The van der Waals surface area contributed by atoms with Gasteiger partial charge in [0.15, 0.2) is 11.5 Å². The highest BCUT2D eigenvalue weighted by molar-refractivity contribution is 5.49. The fraction of sp³-hybridized carbons (Fsp3) is 0.684. The van der Waals surface area contributed by atoms with E-state index in [-0.39, 0.29) is 0 Å². The molecule has 1 unspecified atom stereocenters. The molecule has 122 valence electrons. The third kappa shape index (κ3) is 3.40. The molecular formula is C19H29NO2. The van der Waals surface area contributed by atoms with Crippen molar-refractivity contribution < 1.29 is 9.47 Å². The van der Waals surface area contributed by atoms with Gasteiger partial charge in [0.05, 0.1) is 13.2 Å². The molecule has 1 aliphatic carbocycles. The van der Waals surface area contributed by atoms with E-state index in [1.165, 1.54) is 43.2 Å². The average molecular weight is 303 g/mol. The SMILES string of the molecule is CCOc1cc2c(cc1OCC)C(CC1CCCC1)NCC2. The molecule has 0 amide bonds. The molecule has 3 heteroatoms. The molecule has 0 radical (unpaired) electrons. The first-order chi connectivity index (χ1) is 10.8. The van der Waals surface area contributed by atoms with Crippen LogP contribution in [0.4, 0.5) is 0 Å². The molecule has 1 N–H and O–H groups in total. The summed E-state index contributed by atoms with van der Waals surface area (Å²) in [7, 11) is 0. The Bertz CT molecular complexity index is 494. The van der Waals surface area contributed by atoms with E-state index in [4.69, 9.17) is 9.47 Å². The molecule has 3 rings (SSSR count). The van der Waals surface area contributed by atoms with Crippen molar-refractivity contribution in [1.29, 1.82) is 0 Å². The van der Waals surface area contributed by atoms with Gasteiger partial charge in [-0.2, -0.15) is 0 Å². The normalized spacial score (nSPS) is 21.6. The van der Waals surface area contributed by atoms with Crippen LogP contribution in [0.15, 0.2) is 12.1 Å². The molecule has 1 aliphatic heterocycles. The number of hydrogen-bond acceptors (Lipinski definition) is 3. The summed E-state index contributed by atoms with van der Waals surface area (Å²) in [6.45, 7) is 6.50. The molecule has 1 aromatic rings. The average Bonchev–Trinajstić information content (AvgIpc) is 3.02. The summed E-state index contributed by atoms with van der Waals surface area (Å²) in [5, 5.41) is 3.73. The Labute approximate surface area is 134 Å². The molecular weight excluding hydrogens is 274 g/mol. The van der Waals surface area contributed by atoms with Gasteiger partial charge in [0.2, 0.25) is 0 Å². The second-order valence-electron chi connectivity index (χ2n) is 6.51. The summed E-state index contributed by atoms with van der Waals surface area (Å²) in [5.41, 5.74) is 2.87. The van der Waals surface area contributed by atoms with E-state index >= 15 is 0 Å². The molecule has 0 saturated heterocycles. The number of rotatable bonds is 6. The summed E-state index contributed by atoms with van der Waals surface area (Å²) in [4.78, 5) is 0. The number of fused-ring (bicyclic) bond motifs is 1. The van der Waals surface area contributed by atoms with Gasteiger partial charge in [0.1, 0.15) is 0 Å². The summed E-state index contributed by atoms with van der Waals surface area (Å²) < 4.78 is 11.6. The fourth-order valence-corrected chi connectivity index (χ4v) is 3.98. The maximum Gasteiger partial charge on any atom is 0.161 e. The van der Waals surface area contributed by atoms with Crippen molar-refractivity contribution in [2.45, 2.75) is 58.4 Å². The Morgan fingerprint density at radius 3 is 2.41 bits per heavy atom. The molecule has 1 saturated carbocycles. The number of hydrogen-bond donors (Lipinski definition) is 1. The molecule has 1 heterocycles. The molecule has 0 bridgehead atoms. The quantitative estimate of drug-likeness (QED) is 0.852. The van der Waals surface area contributed by atoms with Gasteiger partial charge in [-0.3, -0.25) is 0 Å². The maximum atomic E-state index is 5.82. The van der Waals surface area contributed by atoms with E-state index in [1.54, 1.807) is 0 Å². The summed E-state index contributed by atoms with van der Waals surface area (Å²) in [5.74, 6) is 2.71. The molecule has 22 heavy (non-hydrogen) atoms. The first kappa shape index (κ1) is 15.7. The molecule has 0 spiro atoms. The van der Waals surface area contributed by atoms with E-state index in [2.05, 4.69) is 17.4 Å². The summed E-state index contributed by atoms with van der Waals surface area (Å²) >= 11 is 0. The molecule has 3 nitrogen and oxygen atoms in total. The molecule has 2 aliphatic rings. The lowest BCUT2D eigenvalue weighted by atomic mass is 9.87. The minimum Gasteiger partial charge on any atom is -0.490 e. The lowest BCUT2D eigenvalue weighted by Crippen LogP contribution is -2.31. The second kappa shape index (κ2) is 7.36.